The van der Waals surface area contributed by atoms with E-state index in [1.165, 1.54) is 27.9 Å². The number of phenols is 1. The number of rotatable bonds is 10. The van der Waals surface area contributed by atoms with Crippen LogP contribution in [0.1, 0.15) is 66.2 Å². The van der Waals surface area contributed by atoms with Crippen molar-refractivity contribution in [1.82, 2.24) is 15.1 Å². The van der Waals surface area contributed by atoms with E-state index in [1.807, 2.05) is 41.3 Å². The number of hydrogen-bond donors (Lipinski definition) is 4. The van der Waals surface area contributed by atoms with Gasteiger partial charge in [-0.3, -0.25) is 24.6 Å². The molecular formula is C45H52N6O4. The smallest absolute Gasteiger partial charge is 0.249 e. The lowest BCUT2D eigenvalue weighted by molar-refractivity contribution is -0.134. The summed E-state index contributed by atoms with van der Waals surface area (Å²) in [6.07, 6.45) is 5.15. The molecule has 8 rings (SSSR count). The summed E-state index contributed by atoms with van der Waals surface area (Å²) in [5.41, 5.74) is 8.17. The Morgan fingerprint density at radius 2 is 1.51 bits per heavy atom. The molecule has 0 saturated carbocycles. The van der Waals surface area contributed by atoms with Crippen LogP contribution in [0.3, 0.4) is 0 Å². The number of fused-ring (bicyclic) bond motifs is 1. The third kappa shape index (κ3) is 8.65. The first kappa shape index (κ1) is 36.6. The summed E-state index contributed by atoms with van der Waals surface area (Å²) in [6, 6.07) is 33.2. The first-order valence-electron chi connectivity index (χ1n) is 20.0. The summed E-state index contributed by atoms with van der Waals surface area (Å²) in [5.74, 6) is 1.20. The average molecular weight is 741 g/mol. The van der Waals surface area contributed by atoms with Gasteiger partial charge in [0.1, 0.15) is 11.8 Å². The molecule has 1 unspecified atom stereocenters. The molecule has 4 aromatic rings. The van der Waals surface area contributed by atoms with E-state index in [0.29, 0.717) is 30.4 Å². The van der Waals surface area contributed by atoms with Crippen LogP contribution in [-0.2, 0) is 20.8 Å². The Morgan fingerprint density at radius 1 is 0.745 bits per heavy atom. The monoisotopic (exact) mass is 740 g/mol. The Hall–Kier alpha value is -5.35. The van der Waals surface area contributed by atoms with E-state index in [1.54, 1.807) is 0 Å². The standard InChI is InChI=1S/C45H52N6O4/c52-38-14-16-40-34(27-38)11-15-39(32-5-2-1-3-6-32)44(40)33-9-12-37(13-10-33)50-21-19-31(20-22-50)30-49-23-25-51(26-24-49)43(54)29-46-35-7-4-8-36(28-35)47-41-17-18-42(53)48-45(41)55/h1-10,12-14,16,27-28,31,39,41,44,46-47,52H,11,15,17-26,29-30H2,(H,48,53,55)/t39-,41?,44+/m1/s1. The molecule has 3 atom stereocenters. The number of hydrogen-bond acceptors (Lipinski definition) is 8. The molecule has 4 aromatic carbocycles. The highest BCUT2D eigenvalue weighted by Crippen LogP contribution is 2.47. The summed E-state index contributed by atoms with van der Waals surface area (Å²) >= 11 is 0. The molecule has 0 aromatic heterocycles. The van der Waals surface area contributed by atoms with E-state index in [2.05, 4.69) is 86.4 Å². The lowest BCUT2D eigenvalue weighted by Gasteiger charge is -2.39. The maximum absolute atomic E-state index is 13.1. The van der Waals surface area contributed by atoms with Crippen molar-refractivity contribution in [1.29, 1.82) is 0 Å². The molecule has 4 aliphatic rings. The van der Waals surface area contributed by atoms with Crippen LogP contribution < -0.4 is 20.9 Å². The van der Waals surface area contributed by atoms with E-state index in [9.17, 15) is 19.5 Å². The van der Waals surface area contributed by atoms with Gasteiger partial charge in [0.05, 0.1) is 6.54 Å². The van der Waals surface area contributed by atoms with Crippen LogP contribution in [0.2, 0.25) is 0 Å². The van der Waals surface area contributed by atoms with Gasteiger partial charge in [0, 0.05) is 75.2 Å². The minimum absolute atomic E-state index is 0.0880. The topological polar surface area (TPSA) is 117 Å². The highest BCUT2D eigenvalue weighted by molar-refractivity contribution is 6.01. The molecule has 1 aliphatic carbocycles. The molecule has 3 amide bonds. The molecular weight excluding hydrogens is 689 g/mol. The molecule has 3 saturated heterocycles. The molecule has 10 nitrogen and oxygen atoms in total. The van der Waals surface area contributed by atoms with Crippen molar-refractivity contribution < 1.29 is 19.5 Å². The van der Waals surface area contributed by atoms with Crippen LogP contribution in [0.5, 0.6) is 5.75 Å². The molecule has 55 heavy (non-hydrogen) atoms. The molecule has 0 spiro atoms. The Kier molecular flexibility index (Phi) is 11.0. The van der Waals surface area contributed by atoms with Crippen LogP contribution in [0.4, 0.5) is 17.1 Å². The van der Waals surface area contributed by atoms with Crippen LogP contribution in [0.25, 0.3) is 0 Å². The predicted molar refractivity (Wildman–Crippen MR) is 217 cm³/mol. The van der Waals surface area contributed by atoms with Crippen molar-refractivity contribution in [2.75, 3.05) is 67.9 Å². The normalized spacial score (nSPS) is 22.1. The number of carbonyl (C=O) groups is 3. The number of carbonyl (C=O) groups excluding carboxylic acids is 3. The van der Waals surface area contributed by atoms with Gasteiger partial charge in [-0.2, -0.15) is 0 Å². The van der Waals surface area contributed by atoms with E-state index in [-0.39, 0.29) is 30.2 Å². The molecule has 0 radical (unpaired) electrons. The first-order valence-corrected chi connectivity index (χ1v) is 20.0. The third-order valence-electron chi connectivity index (χ3n) is 12.2. The van der Waals surface area contributed by atoms with Crippen LogP contribution in [0, 0.1) is 5.92 Å². The van der Waals surface area contributed by atoms with Gasteiger partial charge in [-0.25, -0.2) is 0 Å². The van der Waals surface area contributed by atoms with Gasteiger partial charge in [0.25, 0.3) is 0 Å². The minimum atomic E-state index is -0.450. The number of anilines is 3. The third-order valence-corrected chi connectivity index (χ3v) is 12.2. The van der Waals surface area contributed by atoms with Crippen LogP contribution >= 0.6 is 0 Å². The Morgan fingerprint density at radius 3 is 2.27 bits per heavy atom. The van der Waals surface area contributed by atoms with Gasteiger partial charge in [-0.15, -0.1) is 0 Å². The fraction of sp³-hybridized carbons (Fsp3) is 0.400. The number of piperidine rings is 2. The summed E-state index contributed by atoms with van der Waals surface area (Å²) in [4.78, 5) is 43.7. The number of nitrogens with zero attached hydrogens (tertiary/aromatic N) is 3. The quantitative estimate of drug-likeness (QED) is 0.148. The lowest BCUT2D eigenvalue weighted by atomic mass is 9.69. The van der Waals surface area contributed by atoms with E-state index in [0.717, 1.165) is 82.9 Å². The van der Waals surface area contributed by atoms with Gasteiger partial charge in [-0.05, 0) is 109 Å². The fourth-order valence-corrected chi connectivity index (χ4v) is 9.13. The van der Waals surface area contributed by atoms with Crippen molar-refractivity contribution in [3.8, 4) is 5.75 Å². The number of benzene rings is 4. The molecule has 4 N–H and O–H groups in total. The summed E-state index contributed by atoms with van der Waals surface area (Å²) in [7, 11) is 0. The summed E-state index contributed by atoms with van der Waals surface area (Å²) in [6.45, 7) is 6.67. The van der Waals surface area contributed by atoms with Crippen molar-refractivity contribution in [2.45, 2.75) is 56.4 Å². The van der Waals surface area contributed by atoms with E-state index < -0.39 is 6.04 Å². The van der Waals surface area contributed by atoms with Crippen molar-refractivity contribution in [3.63, 3.8) is 0 Å². The average Bonchev–Trinajstić information content (AvgIpc) is 3.21. The first-order chi connectivity index (χ1) is 26.9. The van der Waals surface area contributed by atoms with Gasteiger partial charge in [0.15, 0.2) is 0 Å². The number of imide groups is 1. The highest BCUT2D eigenvalue weighted by Gasteiger charge is 2.33. The Balaban J connectivity index is 0.790. The maximum atomic E-state index is 13.1. The molecule has 3 fully saturated rings. The Bertz CT molecular complexity index is 1970. The van der Waals surface area contributed by atoms with Crippen LogP contribution in [-0.4, -0.2) is 91.0 Å². The molecule has 3 heterocycles. The van der Waals surface area contributed by atoms with Gasteiger partial charge in [-0.1, -0.05) is 54.6 Å². The zero-order valence-corrected chi connectivity index (χ0v) is 31.5. The van der Waals surface area contributed by atoms with Crippen molar-refractivity contribution in [3.05, 3.63) is 119 Å². The van der Waals surface area contributed by atoms with Gasteiger partial charge < -0.3 is 25.5 Å². The number of aromatic hydroxyl groups is 1. The number of aryl methyl sites for hydroxylation is 1. The fourth-order valence-electron chi connectivity index (χ4n) is 9.13. The SMILES string of the molecule is O=C1CCC(Nc2cccc(NCC(=O)N3CCN(CC4CCN(c5ccc([C@@H]6c7ccc(O)cc7CC[C@@H]6c6ccccc6)cc5)CC4)CC3)c2)C(=O)N1. The van der Waals surface area contributed by atoms with Crippen molar-refractivity contribution >= 4 is 34.8 Å². The van der Waals surface area contributed by atoms with Gasteiger partial charge >= 0.3 is 0 Å². The lowest BCUT2D eigenvalue weighted by Crippen LogP contribution is -2.51. The second-order valence-electron chi connectivity index (χ2n) is 15.7. The molecule has 3 aliphatic heterocycles. The summed E-state index contributed by atoms with van der Waals surface area (Å²) in [5, 5.41) is 19.0. The van der Waals surface area contributed by atoms with Crippen LogP contribution in [0.15, 0.2) is 97.1 Å². The predicted octanol–water partition coefficient (Wildman–Crippen LogP) is 5.94. The molecule has 286 valence electrons. The van der Waals surface area contributed by atoms with E-state index in [4.69, 9.17) is 0 Å². The maximum Gasteiger partial charge on any atom is 0.249 e. The molecule has 10 heteroatoms. The largest absolute Gasteiger partial charge is 0.508 e. The summed E-state index contributed by atoms with van der Waals surface area (Å²) < 4.78 is 0. The van der Waals surface area contributed by atoms with Gasteiger partial charge in [0.2, 0.25) is 17.7 Å². The van der Waals surface area contributed by atoms with E-state index >= 15 is 0 Å². The Labute approximate surface area is 323 Å². The zero-order chi connectivity index (χ0) is 37.7. The second-order valence-corrected chi connectivity index (χ2v) is 15.7. The minimum Gasteiger partial charge on any atom is -0.508 e. The number of piperazine rings is 1. The second kappa shape index (κ2) is 16.6. The number of phenolic OH excluding ortho intramolecular Hbond substituents is 1. The highest BCUT2D eigenvalue weighted by atomic mass is 16.3. The molecule has 0 bridgehead atoms. The number of amides is 3. The zero-order valence-electron chi connectivity index (χ0n) is 31.5. The van der Waals surface area contributed by atoms with Crippen molar-refractivity contribution in [2.24, 2.45) is 5.92 Å². The number of nitrogens with one attached hydrogen (secondary N) is 3.